The van der Waals surface area contributed by atoms with Crippen LogP contribution in [0.25, 0.3) is 10.9 Å². The van der Waals surface area contributed by atoms with Crippen molar-refractivity contribution in [1.82, 2.24) is 3.97 Å². The van der Waals surface area contributed by atoms with Crippen molar-refractivity contribution >= 4 is 38.5 Å². The number of methoxy groups -OCH3 is 1. The van der Waals surface area contributed by atoms with E-state index in [0.29, 0.717) is 38.7 Å². The van der Waals surface area contributed by atoms with Crippen molar-refractivity contribution in [2.75, 3.05) is 7.11 Å². The van der Waals surface area contributed by atoms with E-state index in [1.54, 1.807) is 54.6 Å². The van der Waals surface area contributed by atoms with Gasteiger partial charge < -0.3 is 14.6 Å². The summed E-state index contributed by atoms with van der Waals surface area (Å²) >= 11 is 5.90. The number of carbonyl (C=O) groups is 1. The maximum atomic E-state index is 13.5. The van der Waals surface area contributed by atoms with E-state index in [9.17, 15) is 13.2 Å². The lowest BCUT2D eigenvalue weighted by Gasteiger charge is -2.10. The quantitative estimate of drug-likeness (QED) is 0.361. The molecule has 0 amide bonds. The molecular formula is C24H20ClNO6S. The molecule has 0 bridgehead atoms. The monoisotopic (exact) mass is 485 g/mol. The Morgan fingerprint density at radius 2 is 1.73 bits per heavy atom. The van der Waals surface area contributed by atoms with Gasteiger partial charge >= 0.3 is 5.97 Å². The lowest BCUT2D eigenvalue weighted by Crippen LogP contribution is -2.12. The average molecular weight is 486 g/mol. The summed E-state index contributed by atoms with van der Waals surface area (Å²) in [7, 11) is -2.49. The van der Waals surface area contributed by atoms with Crippen LogP contribution in [-0.2, 0) is 21.2 Å². The van der Waals surface area contributed by atoms with Gasteiger partial charge in [0.05, 0.1) is 17.5 Å². The molecule has 0 radical (unpaired) electrons. The SMILES string of the molecule is COc1ccc2c(c1)c(CCC(=O)O)cn2S(=O)(=O)c1cccc(Oc2ccc(Cl)cc2)c1. The number of carboxylic acids is 1. The Balaban J connectivity index is 1.75. The van der Waals surface area contributed by atoms with Crippen molar-refractivity contribution in [2.45, 2.75) is 17.7 Å². The second-order valence-electron chi connectivity index (χ2n) is 7.26. The predicted molar refractivity (Wildman–Crippen MR) is 125 cm³/mol. The molecular weight excluding hydrogens is 466 g/mol. The maximum absolute atomic E-state index is 13.5. The van der Waals surface area contributed by atoms with Crippen LogP contribution in [0.15, 0.2) is 77.8 Å². The Morgan fingerprint density at radius 1 is 1.00 bits per heavy atom. The summed E-state index contributed by atoms with van der Waals surface area (Å²) in [5.74, 6) is 0.451. The van der Waals surface area contributed by atoms with Crippen LogP contribution >= 0.6 is 11.6 Å². The predicted octanol–water partition coefficient (Wildman–Crippen LogP) is 5.35. The average Bonchev–Trinajstić information content (AvgIpc) is 3.18. The fourth-order valence-corrected chi connectivity index (χ4v) is 5.02. The second kappa shape index (κ2) is 9.17. The molecule has 3 aromatic carbocycles. The van der Waals surface area contributed by atoms with E-state index < -0.39 is 16.0 Å². The zero-order valence-electron chi connectivity index (χ0n) is 17.6. The number of benzene rings is 3. The number of fused-ring (bicyclic) bond motifs is 1. The Bertz CT molecular complexity index is 1430. The van der Waals surface area contributed by atoms with Crippen LogP contribution in [0.4, 0.5) is 0 Å². The van der Waals surface area contributed by atoms with Crippen LogP contribution in [0, 0.1) is 0 Å². The Kier molecular flexibility index (Phi) is 6.31. The second-order valence-corrected chi connectivity index (χ2v) is 9.51. The van der Waals surface area contributed by atoms with Crippen LogP contribution in [0.3, 0.4) is 0 Å². The number of ether oxygens (including phenoxy) is 2. The molecule has 7 nitrogen and oxygen atoms in total. The van der Waals surface area contributed by atoms with Crippen molar-refractivity contribution in [2.24, 2.45) is 0 Å². The van der Waals surface area contributed by atoms with Gasteiger partial charge in [-0.2, -0.15) is 0 Å². The van der Waals surface area contributed by atoms with Gasteiger partial charge in [-0.15, -0.1) is 0 Å². The van der Waals surface area contributed by atoms with E-state index in [0.717, 1.165) is 0 Å². The van der Waals surface area contributed by atoms with Gasteiger partial charge in [-0.1, -0.05) is 17.7 Å². The molecule has 1 aromatic heterocycles. The van der Waals surface area contributed by atoms with Gasteiger partial charge in [0.15, 0.2) is 0 Å². The highest BCUT2D eigenvalue weighted by Gasteiger charge is 2.22. The summed E-state index contributed by atoms with van der Waals surface area (Å²) in [4.78, 5) is 11.1. The fraction of sp³-hybridized carbons (Fsp3) is 0.125. The van der Waals surface area contributed by atoms with Gasteiger partial charge in [0.25, 0.3) is 10.0 Å². The highest BCUT2D eigenvalue weighted by Crippen LogP contribution is 2.31. The Hall–Kier alpha value is -3.49. The normalized spacial score (nSPS) is 11.5. The zero-order valence-corrected chi connectivity index (χ0v) is 19.1. The first-order chi connectivity index (χ1) is 15.8. The molecule has 0 atom stereocenters. The molecule has 0 saturated heterocycles. The Morgan fingerprint density at radius 3 is 2.42 bits per heavy atom. The van der Waals surface area contributed by atoms with E-state index in [1.165, 1.54) is 29.4 Å². The molecule has 4 rings (SSSR count). The molecule has 0 aliphatic carbocycles. The molecule has 1 N–H and O–H groups in total. The zero-order chi connectivity index (χ0) is 23.6. The minimum Gasteiger partial charge on any atom is -0.497 e. The number of aliphatic carboxylic acids is 1. The summed E-state index contributed by atoms with van der Waals surface area (Å²) in [6.45, 7) is 0. The molecule has 33 heavy (non-hydrogen) atoms. The van der Waals surface area contributed by atoms with Gasteiger partial charge in [0.2, 0.25) is 0 Å². The maximum Gasteiger partial charge on any atom is 0.303 e. The third-order valence-corrected chi connectivity index (χ3v) is 7.00. The van der Waals surface area contributed by atoms with E-state index in [2.05, 4.69) is 0 Å². The molecule has 0 aliphatic rings. The molecule has 0 spiro atoms. The van der Waals surface area contributed by atoms with Gasteiger partial charge in [-0.25, -0.2) is 12.4 Å². The van der Waals surface area contributed by atoms with Crippen LogP contribution in [-0.4, -0.2) is 30.6 Å². The molecule has 1 heterocycles. The number of aromatic nitrogens is 1. The van der Waals surface area contributed by atoms with Crippen LogP contribution in [0.2, 0.25) is 5.02 Å². The van der Waals surface area contributed by atoms with Crippen molar-refractivity contribution in [3.05, 3.63) is 83.5 Å². The van der Waals surface area contributed by atoms with Crippen molar-refractivity contribution in [3.63, 3.8) is 0 Å². The largest absolute Gasteiger partial charge is 0.497 e. The minimum absolute atomic E-state index is 0.0338. The third kappa shape index (κ3) is 4.81. The summed E-state index contributed by atoms with van der Waals surface area (Å²) in [5.41, 5.74) is 1.03. The number of halogens is 1. The number of aryl methyl sites for hydroxylation is 1. The van der Waals surface area contributed by atoms with Crippen molar-refractivity contribution in [1.29, 1.82) is 0 Å². The van der Waals surface area contributed by atoms with E-state index >= 15 is 0 Å². The highest BCUT2D eigenvalue weighted by atomic mass is 35.5. The summed E-state index contributed by atoms with van der Waals surface area (Å²) in [6.07, 6.45) is 1.52. The van der Waals surface area contributed by atoms with Crippen LogP contribution in [0.1, 0.15) is 12.0 Å². The number of hydrogen-bond donors (Lipinski definition) is 1. The fourth-order valence-electron chi connectivity index (χ4n) is 3.46. The lowest BCUT2D eigenvalue weighted by molar-refractivity contribution is -0.136. The molecule has 9 heteroatoms. The van der Waals surface area contributed by atoms with Gasteiger partial charge in [0.1, 0.15) is 17.2 Å². The smallest absolute Gasteiger partial charge is 0.303 e. The first kappa shape index (κ1) is 22.7. The molecule has 0 saturated carbocycles. The molecule has 170 valence electrons. The van der Waals surface area contributed by atoms with Crippen LogP contribution < -0.4 is 9.47 Å². The molecule has 0 unspecified atom stereocenters. The van der Waals surface area contributed by atoms with Gasteiger partial charge in [0, 0.05) is 29.1 Å². The molecule has 4 aromatic rings. The van der Waals surface area contributed by atoms with E-state index in [4.69, 9.17) is 26.2 Å². The standard InChI is InChI=1S/C24H20ClNO6S/c1-31-19-10-11-23-22(14-19)16(5-12-24(27)28)15-26(23)33(29,30)21-4-2-3-20(13-21)32-18-8-6-17(25)7-9-18/h2-4,6-11,13-15H,5,12H2,1H3,(H,27,28). The third-order valence-electron chi connectivity index (χ3n) is 5.08. The number of carboxylic acid groups (broad SMARTS) is 1. The molecule has 0 fully saturated rings. The number of nitrogens with zero attached hydrogens (tertiary/aromatic N) is 1. The van der Waals surface area contributed by atoms with Gasteiger partial charge in [-0.05, 0) is 66.6 Å². The first-order valence-corrected chi connectivity index (χ1v) is 11.8. The first-order valence-electron chi connectivity index (χ1n) is 9.97. The van der Waals surface area contributed by atoms with E-state index in [-0.39, 0.29) is 17.7 Å². The Labute approximate surface area is 195 Å². The topological polar surface area (TPSA) is 94.8 Å². The minimum atomic E-state index is -4.00. The lowest BCUT2D eigenvalue weighted by atomic mass is 10.1. The number of hydrogen-bond acceptors (Lipinski definition) is 5. The van der Waals surface area contributed by atoms with Crippen molar-refractivity contribution in [3.8, 4) is 17.2 Å². The highest BCUT2D eigenvalue weighted by molar-refractivity contribution is 7.90. The van der Waals surface area contributed by atoms with E-state index in [1.807, 2.05) is 0 Å². The van der Waals surface area contributed by atoms with Crippen molar-refractivity contribution < 1.29 is 27.8 Å². The molecule has 0 aliphatic heterocycles. The van der Waals surface area contributed by atoms with Crippen LogP contribution in [0.5, 0.6) is 17.2 Å². The summed E-state index contributed by atoms with van der Waals surface area (Å²) < 4.78 is 39.3. The summed E-state index contributed by atoms with van der Waals surface area (Å²) in [6, 6.07) is 17.9. The van der Waals surface area contributed by atoms with Gasteiger partial charge in [-0.3, -0.25) is 4.79 Å². The summed E-state index contributed by atoms with van der Waals surface area (Å²) in [5, 5.41) is 10.3. The number of rotatable bonds is 8.